The summed E-state index contributed by atoms with van der Waals surface area (Å²) in [6.45, 7) is 10.4. The van der Waals surface area contributed by atoms with E-state index in [1.807, 2.05) is 31.7 Å². The van der Waals surface area contributed by atoms with Crippen LogP contribution >= 0.6 is 0 Å². The van der Waals surface area contributed by atoms with Gasteiger partial charge in [0.2, 0.25) is 0 Å². The summed E-state index contributed by atoms with van der Waals surface area (Å²) in [5.74, 6) is 0.393. The van der Waals surface area contributed by atoms with Crippen molar-refractivity contribution in [3.05, 3.63) is 70.3 Å². The Hall–Kier alpha value is -2.90. The second-order valence-electron chi connectivity index (χ2n) is 12.1. The molecule has 0 bridgehead atoms. The van der Waals surface area contributed by atoms with Crippen molar-refractivity contribution in [3.8, 4) is 0 Å². The minimum Gasteiger partial charge on any atom is -0.444 e. The van der Waals surface area contributed by atoms with Crippen molar-refractivity contribution in [3.63, 3.8) is 0 Å². The molecule has 1 atom stereocenters. The van der Waals surface area contributed by atoms with Gasteiger partial charge in [0.25, 0.3) is 5.91 Å². The van der Waals surface area contributed by atoms with Gasteiger partial charge < -0.3 is 19.6 Å². The fourth-order valence-corrected chi connectivity index (χ4v) is 6.03. The van der Waals surface area contributed by atoms with E-state index in [1.165, 1.54) is 16.7 Å². The number of nitrogens with zero attached hydrogens (tertiary/aromatic N) is 3. The van der Waals surface area contributed by atoms with Crippen LogP contribution in [0.1, 0.15) is 72.1 Å². The minimum absolute atomic E-state index is 0.0144. The second-order valence-corrected chi connectivity index (χ2v) is 12.1. The molecule has 2 aromatic carbocycles. The highest BCUT2D eigenvalue weighted by Gasteiger charge is 2.30. The quantitative estimate of drug-likeness (QED) is 0.641. The van der Waals surface area contributed by atoms with Crippen molar-refractivity contribution in [2.24, 2.45) is 0 Å². The van der Waals surface area contributed by atoms with Crippen LogP contribution in [0.2, 0.25) is 0 Å². The number of hydrogen-bond donors (Lipinski definition) is 1. The number of likely N-dealkylation sites (tertiary alicyclic amines) is 1. The van der Waals surface area contributed by atoms with Gasteiger partial charge in [0.05, 0.1) is 6.10 Å². The number of hydrogen-bond acceptors (Lipinski definition) is 5. The Bertz CT molecular complexity index is 1170. The lowest BCUT2D eigenvalue weighted by Crippen LogP contribution is -2.46. The Kier molecular flexibility index (Phi) is 7.78. The van der Waals surface area contributed by atoms with Crippen LogP contribution in [0.5, 0.6) is 0 Å². The zero-order valence-electron chi connectivity index (χ0n) is 23.0. The highest BCUT2D eigenvalue weighted by atomic mass is 16.6. The number of aliphatic hydroxyl groups is 1. The first-order valence-electron chi connectivity index (χ1n) is 14.0. The number of β-amino-alcohol motifs (C(OH)–C–C–N with tert-alkyl or cyclic N) is 1. The smallest absolute Gasteiger partial charge is 0.410 e. The van der Waals surface area contributed by atoms with Crippen LogP contribution in [0.4, 0.5) is 4.79 Å². The van der Waals surface area contributed by atoms with Gasteiger partial charge in [0.15, 0.2) is 0 Å². The highest BCUT2D eigenvalue weighted by molar-refractivity contribution is 5.96. The third kappa shape index (κ3) is 6.21. The molecule has 38 heavy (non-hydrogen) atoms. The number of benzene rings is 2. The first-order valence-corrected chi connectivity index (χ1v) is 14.0. The van der Waals surface area contributed by atoms with Crippen LogP contribution in [0.3, 0.4) is 0 Å². The number of aliphatic hydroxyl groups excluding tert-OH is 1. The number of rotatable bonds is 5. The molecule has 2 aromatic rings. The molecule has 0 unspecified atom stereocenters. The van der Waals surface area contributed by atoms with Crippen molar-refractivity contribution in [2.75, 3.05) is 39.3 Å². The van der Waals surface area contributed by atoms with Crippen LogP contribution in [0.25, 0.3) is 0 Å². The lowest BCUT2D eigenvalue weighted by atomic mass is 9.86. The maximum absolute atomic E-state index is 13.3. The lowest BCUT2D eigenvalue weighted by molar-refractivity contribution is 0.0204. The van der Waals surface area contributed by atoms with Gasteiger partial charge in [-0.1, -0.05) is 36.4 Å². The number of piperidine rings is 1. The van der Waals surface area contributed by atoms with Crippen LogP contribution in [0, 0.1) is 0 Å². The third-order valence-electron chi connectivity index (χ3n) is 8.03. The average molecular weight is 520 g/mol. The van der Waals surface area contributed by atoms with Gasteiger partial charge in [0.1, 0.15) is 5.60 Å². The minimum atomic E-state index is -0.569. The average Bonchev–Trinajstić information content (AvgIpc) is 2.89. The summed E-state index contributed by atoms with van der Waals surface area (Å²) in [5.41, 5.74) is 5.35. The van der Waals surface area contributed by atoms with Gasteiger partial charge in [-0.15, -0.1) is 0 Å². The number of amides is 2. The van der Waals surface area contributed by atoms with Crippen molar-refractivity contribution < 1.29 is 19.4 Å². The predicted molar refractivity (Wildman–Crippen MR) is 147 cm³/mol. The summed E-state index contributed by atoms with van der Waals surface area (Å²) in [6.07, 6.45) is 2.78. The van der Waals surface area contributed by atoms with E-state index in [0.717, 1.165) is 49.9 Å². The first-order chi connectivity index (χ1) is 18.2. The summed E-state index contributed by atoms with van der Waals surface area (Å²) >= 11 is 0. The molecule has 204 valence electrons. The van der Waals surface area contributed by atoms with E-state index < -0.39 is 11.7 Å². The largest absolute Gasteiger partial charge is 0.444 e. The predicted octanol–water partition coefficient (Wildman–Crippen LogP) is 4.22. The number of ether oxygens (including phenoxy) is 1. The molecular weight excluding hydrogens is 478 g/mol. The topological polar surface area (TPSA) is 73.3 Å². The summed E-state index contributed by atoms with van der Waals surface area (Å²) in [7, 11) is 0. The van der Waals surface area contributed by atoms with Gasteiger partial charge in [-0.2, -0.15) is 0 Å². The number of carbonyl (C=O) groups excluding carboxylic acids is 2. The van der Waals surface area contributed by atoms with Crippen LogP contribution < -0.4 is 0 Å². The number of carbonyl (C=O) groups is 2. The molecule has 7 heteroatoms. The standard InChI is InChI=1S/C31H41N3O4/c1-31(2,3)38-30(37)33-15-11-23(12-16-33)24-8-9-28-25(18-24)13-17-34(29(28)36)21-27(35)20-32-14-10-22-6-4-5-7-26(22)19-32/h4-9,18,23,27,35H,10-17,19-21H2,1-3H3/t27-/m1/s1. The normalized spacial score (nSPS) is 19.6. The van der Waals surface area contributed by atoms with Crippen LogP contribution in [0.15, 0.2) is 42.5 Å². The van der Waals surface area contributed by atoms with Gasteiger partial charge >= 0.3 is 6.09 Å². The summed E-state index contributed by atoms with van der Waals surface area (Å²) in [5, 5.41) is 10.8. The lowest BCUT2D eigenvalue weighted by Gasteiger charge is -2.35. The molecular formula is C31H41N3O4. The van der Waals surface area contributed by atoms with Crippen molar-refractivity contribution in [1.29, 1.82) is 0 Å². The van der Waals surface area contributed by atoms with Crippen LogP contribution in [-0.2, 0) is 24.1 Å². The van der Waals surface area contributed by atoms with Crippen LogP contribution in [-0.4, -0.2) is 82.8 Å². The van der Waals surface area contributed by atoms with E-state index in [2.05, 4.69) is 41.3 Å². The zero-order valence-corrected chi connectivity index (χ0v) is 23.0. The van der Waals surface area contributed by atoms with Gasteiger partial charge in [-0.25, -0.2) is 4.79 Å². The van der Waals surface area contributed by atoms with Crippen molar-refractivity contribution in [1.82, 2.24) is 14.7 Å². The Morgan fingerprint density at radius 1 is 0.974 bits per heavy atom. The van der Waals surface area contributed by atoms with Gasteiger partial charge in [-0.3, -0.25) is 9.69 Å². The van der Waals surface area contributed by atoms with E-state index in [9.17, 15) is 14.7 Å². The van der Waals surface area contributed by atoms with E-state index in [4.69, 9.17) is 4.74 Å². The summed E-state index contributed by atoms with van der Waals surface area (Å²) < 4.78 is 5.52. The fourth-order valence-electron chi connectivity index (χ4n) is 6.03. The maximum atomic E-state index is 13.3. The molecule has 7 nitrogen and oxygen atoms in total. The van der Waals surface area contributed by atoms with Crippen molar-refractivity contribution >= 4 is 12.0 Å². The molecule has 1 N–H and O–H groups in total. The molecule has 0 aliphatic carbocycles. The highest BCUT2D eigenvalue weighted by Crippen LogP contribution is 2.31. The maximum Gasteiger partial charge on any atom is 0.410 e. The molecule has 1 fully saturated rings. The SMILES string of the molecule is CC(C)(C)OC(=O)N1CCC(c2ccc3c(c2)CCN(C[C@H](O)CN2CCc4ccccc4C2)C3=O)CC1. The molecule has 0 aromatic heterocycles. The molecule has 5 rings (SSSR count). The van der Waals surface area contributed by atoms with Gasteiger partial charge in [-0.05, 0) is 80.7 Å². The Morgan fingerprint density at radius 3 is 2.42 bits per heavy atom. The molecule has 3 aliphatic rings. The Morgan fingerprint density at radius 2 is 1.68 bits per heavy atom. The van der Waals surface area contributed by atoms with E-state index >= 15 is 0 Å². The number of fused-ring (bicyclic) bond motifs is 2. The molecule has 1 saturated heterocycles. The second kappa shape index (κ2) is 11.1. The molecule has 0 spiro atoms. The fraction of sp³-hybridized carbons (Fsp3) is 0.548. The Balaban J connectivity index is 1.14. The summed E-state index contributed by atoms with van der Waals surface area (Å²) in [6, 6.07) is 14.7. The molecule has 0 saturated carbocycles. The third-order valence-corrected chi connectivity index (χ3v) is 8.03. The first kappa shape index (κ1) is 26.7. The van der Waals surface area contributed by atoms with E-state index in [0.29, 0.717) is 38.6 Å². The summed E-state index contributed by atoms with van der Waals surface area (Å²) in [4.78, 5) is 31.6. The van der Waals surface area contributed by atoms with E-state index in [1.54, 1.807) is 4.90 Å². The van der Waals surface area contributed by atoms with Crippen molar-refractivity contribution in [2.45, 2.75) is 70.6 Å². The monoisotopic (exact) mass is 519 g/mol. The Labute approximate surface area is 226 Å². The van der Waals surface area contributed by atoms with E-state index in [-0.39, 0.29) is 12.0 Å². The molecule has 2 amide bonds. The zero-order chi connectivity index (χ0) is 26.9. The van der Waals surface area contributed by atoms with Gasteiger partial charge in [0, 0.05) is 51.4 Å². The molecule has 3 heterocycles. The molecule has 3 aliphatic heterocycles. The molecule has 0 radical (unpaired) electrons.